The minimum absolute atomic E-state index is 0.0194. The van der Waals surface area contributed by atoms with Gasteiger partial charge in [-0.15, -0.1) is 0 Å². The second kappa shape index (κ2) is 62.9. The van der Waals surface area contributed by atoms with Gasteiger partial charge in [-0.1, -0.05) is 321 Å². The summed E-state index contributed by atoms with van der Waals surface area (Å²) in [5.41, 5.74) is 0. The molecular formula is C67H129NO5. The van der Waals surface area contributed by atoms with E-state index in [0.29, 0.717) is 19.4 Å². The van der Waals surface area contributed by atoms with Crippen LogP contribution >= 0.6 is 0 Å². The largest absolute Gasteiger partial charge is 0.466 e. The average molecular weight is 1030 g/mol. The van der Waals surface area contributed by atoms with Gasteiger partial charge in [-0.2, -0.15) is 0 Å². The van der Waals surface area contributed by atoms with Crippen LogP contribution in [0, 0.1) is 0 Å². The maximum atomic E-state index is 12.4. The number of aliphatic hydroxyl groups is 2. The summed E-state index contributed by atoms with van der Waals surface area (Å²) in [5.74, 6) is -0.0470. The van der Waals surface area contributed by atoms with E-state index in [1.165, 1.54) is 302 Å². The number of nitrogens with one attached hydrogen (secondary N) is 1. The summed E-state index contributed by atoms with van der Waals surface area (Å²) in [6.07, 6.45) is 78.2. The second-order valence-electron chi connectivity index (χ2n) is 22.8. The molecule has 0 rings (SSSR count). The number of aliphatic hydroxyl groups excluding tert-OH is 2. The first kappa shape index (κ1) is 71.3. The van der Waals surface area contributed by atoms with E-state index in [-0.39, 0.29) is 18.5 Å². The van der Waals surface area contributed by atoms with Crippen LogP contribution in [0.4, 0.5) is 0 Å². The summed E-state index contributed by atoms with van der Waals surface area (Å²) < 4.78 is 5.50. The fourth-order valence-electron chi connectivity index (χ4n) is 10.4. The zero-order valence-corrected chi connectivity index (χ0v) is 49.4. The van der Waals surface area contributed by atoms with Gasteiger partial charge < -0.3 is 20.3 Å². The Balaban J connectivity index is 3.36. The summed E-state index contributed by atoms with van der Waals surface area (Å²) in [7, 11) is 0. The van der Waals surface area contributed by atoms with E-state index in [0.717, 1.165) is 38.5 Å². The monoisotopic (exact) mass is 1030 g/mol. The molecule has 0 saturated heterocycles. The SMILES string of the molecule is CCCCCCCCCCCC/C=C/C(O)C(CO)NC(=O)CCCCCCCCCCCCCCC/C=C\CCCCCCCCCCCCCCOC(=O)CCCCCCCCCCCCCCCCC. The van der Waals surface area contributed by atoms with Gasteiger partial charge in [0.25, 0.3) is 0 Å². The number of allylic oxidation sites excluding steroid dienone is 3. The molecule has 73 heavy (non-hydrogen) atoms. The lowest BCUT2D eigenvalue weighted by molar-refractivity contribution is -0.143. The Morgan fingerprint density at radius 3 is 0.973 bits per heavy atom. The summed E-state index contributed by atoms with van der Waals surface area (Å²) in [6.45, 7) is 4.92. The minimum atomic E-state index is -0.842. The van der Waals surface area contributed by atoms with E-state index in [1.54, 1.807) is 6.08 Å². The van der Waals surface area contributed by atoms with Crippen molar-refractivity contribution in [3.8, 4) is 0 Å². The Kier molecular flexibility index (Phi) is 61.4. The second-order valence-corrected chi connectivity index (χ2v) is 22.8. The van der Waals surface area contributed by atoms with E-state index in [2.05, 4.69) is 31.3 Å². The van der Waals surface area contributed by atoms with Crippen molar-refractivity contribution in [3.63, 3.8) is 0 Å². The van der Waals surface area contributed by atoms with Crippen molar-refractivity contribution in [1.29, 1.82) is 0 Å². The first-order valence-electron chi connectivity index (χ1n) is 33.1. The molecule has 0 saturated carbocycles. The quantitative estimate of drug-likeness (QED) is 0.0320. The molecule has 0 fully saturated rings. The molecule has 0 aliphatic carbocycles. The number of hydrogen-bond donors (Lipinski definition) is 3. The van der Waals surface area contributed by atoms with Crippen molar-refractivity contribution >= 4 is 11.9 Å². The molecule has 432 valence electrons. The van der Waals surface area contributed by atoms with Crippen molar-refractivity contribution in [1.82, 2.24) is 5.32 Å². The highest BCUT2D eigenvalue weighted by molar-refractivity contribution is 5.76. The number of carbonyl (C=O) groups is 2. The molecule has 0 spiro atoms. The molecule has 6 heteroatoms. The topological polar surface area (TPSA) is 95.9 Å². The Morgan fingerprint density at radius 1 is 0.370 bits per heavy atom. The van der Waals surface area contributed by atoms with Crippen molar-refractivity contribution in [2.75, 3.05) is 13.2 Å². The van der Waals surface area contributed by atoms with Gasteiger partial charge in [-0.3, -0.25) is 9.59 Å². The fourth-order valence-corrected chi connectivity index (χ4v) is 10.4. The molecule has 3 N–H and O–H groups in total. The normalized spacial score (nSPS) is 12.7. The third kappa shape index (κ3) is 59.4. The average Bonchev–Trinajstić information content (AvgIpc) is 3.39. The molecule has 2 atom stereocenters. The highest BCUT2D eigenvalue weighted by Gasteiger charge is 2.18. The van der Waals surface area contributed by atoms with Gasteiger partial charge in [-0.25, -0.2) is 0 Å². The zero-order chi connectivity index (χ0) is 52.9. The van der Waals surface area contributed by atoms with Gasteiger partial charge in [-0.05, 0) is 57.8 Å². The summed E-state index contributed by atoms with van der Waals surface area (Å²) in [6, 6.07) is -0.626. The molecule has 0 bridgehead atoms. The zero-order valence-electron chi connectivity index (χ0n) is 49.4. The van der Waals surface area contributed by atoms with Crippen LogP contribution in [-0.2, 0) is 14.3 Å². The lowest BCUT2D eigenvalue weighted by Gasteiger charge is -2.20. The van der Waals surface area contributed by atoms with Crippen molar-refractivity contribution < 1.29 is 24.5 Å². The summed E-state index contributed by atoms with van der Waals surface area (Å²) in [5, 5.41) is 23.1. The number of rotatable bonds is 62. The Labute approximate surface area is 456 Å². The Hall–Kier alpha value is -1.66. The number of ether oxygens (including phenoxy) is 1. The van der Waals surface area contributed by atoms with Gasteiger partial charge >= 0.3 is 5.97 Å². The third-order valence-corrected chi connectivity index (χ3v) is 15.5. The molecule has 0 aromatic carbocycles. The van der Waals surface area contributed by atoms with Crippen molar-refractivity contribution in [2.24, 2.45) is 0 Å². The molecule has 0 aromatic rings. The van der Waals surface area contributed by atoms with Gasteiger partial charge in [0, 0.05) is 12.8 Å². The first-order valence-corrected chi connectivity index (χ1v) is 33.1. The summed E-state index contributed by atoms with van der Waals surface area (Å²) in [4.78, 5) is 24.5. The molecule has 2 unspecified atom stereocenters. The van der Waals surface area contributed by atoms with Crippen LogP contribution in [0.1, 0.15) is 367 Å². The number of carbonyl (C=O) groups excluding carboxylic acids is 2. The Bertz CT molecular complexity index is 1140. The number of esters is 1. The van der Waals surface area contributed by atoms with Crippen LogP contribution < -0.4 is 5.32 Å². The number of unbranched alkanes of at least 4 members (excludes halogenated alkanes) is 49. The predicted octanol–water partition coefficient (Wildman–Crippen LogP) is 21.0. The molecule has 6 nitrogen and oxygen atoms in total. The van der Waals surface area contributed by atoms with Crippen LogP contribution in [0.25, 0.3) is 0 Å². The van der Waals surface area contributed by atoms with Gasteiger partial charge in [0.2, 0.25) is 5.91 Å². The van der Waals surface area contributed by atoms with E-state index in [9.17, 15) is 19.8 Å². The number of amides is 1. The smallest absolute Gasteiger partial charge is 0.305 e. The van der Waals surface area contributed by atoms with E-state index >= 15 is 0 Å². The maximum Gasteiger partial charge on any atom is 0.305 e. The van der Waals surface area contributed by atoms with E-state index in [1.807, 2.05) is 6.08 Å². The van der Waals surface area contributed by atoms with E-state index in [4.69, 9.17) is 4.74 Å². The van der Waals surface area contributed by atoms with E-state index < -0.39 is 12.1 Å². The van der Waals surface area contributed by atoms with Crippen LogP contribution in [-0.4, -0.2) is 47.4 Å². The van der Waals surface area contributed by atoms with Crippen LogP contribution in [0.3, 0.4) is 0 Å². The standard InChI is InChI=1S/C67H129NO5/c1-3-5-7-9-11-13-15-17-33-37-41-45-49-53-57-61-67(72)73-62-58-54-50-46-42-38-35-32-30-28-26-24-22-20-18-19-21-23-25-27-29-31-34-36-40-44-48-52-56-60-66(71)68-64(63-69)65(70)59-55-51-47-43-39-16-14-12-10-8-6-4-2/h18,20,55,59,64-65,69-70H,3-17,19,21-54,56-58,60-63H2,1-2H3,(H,68,71)/b20-18-,59-55+. The molecule has 1 amide bonds. The van der Waals surface area contributed by atoms with Crippen molar-refractivity contribution in [2.45, 2.75) is 379 Å². The number of hydrogen-bond acceptors (Lipinski definition) is 5. The van der Waals surface area contributed by atoms with Crippen molar-refractivity contribution in [3.05, 3.63) is 24.3 Å². The predicted molar refractivity (Wildman–Crippen MR) is 320 cm³/mol. The van der Waals surface area contributed by atoms with Crippen LogP contribution in [0.5, 0.6) is 0 Å². The summed E-state index contributed by atoms with van der Waals surface area (Å²) >= 11 is 0. The van der Waals surface area contributed by atoms with Crippen LogP contribution in [0.15, 0.2) is 24.3 Å². The lowest BCUT2D eigenvalue weighted by atomic mass is 10.0. The third-order valence-electron chi connectivity index (χ3n) is 15.5. The molecule has 0 heterocycles. The molecule has 0 aliphatic rings. The highest BCUT2D eigenvalue weighted by atomic mass is 16.5. The molecule has 0 aromatic heterocycles. The molecular weight excluding hydrogens is 899 g/mol. The van der Waals surface area contributed by atoms with Crippen LogP contribution in [0.2, 0.25) is 0 Å². The highest BCUT2D eigenvalue weighted by Crippen LogP contribution is 2.18. The molecule has 0 radical (unpaired) electrons. The van der Waals surface area contributed by atoms with Gasteiger partial charge in [0.15, 0.2) is 0 Å². The molecule has 0 aliphatic heterocycles. The minimum Gasteiger partial charge on any atom is -0.466 e. The lowest BCUT2D eigenvalue weighted by Crippen LogP contribution is -2.45. The Morgan fingerprint density at radius 2 is 0.644 bits per heavy atom. The van der Waals surface area contributed by atoms with Gasteiger partial charge in [0.05, 0.1) is 25.4 Å². The first-order chi connectivity index (χ1) is 36.0. The fraction of sp³-hybridized carbons (Fsp3) is 0.910. The maximum absolute atomic E-state index is 12.4. The van der Waals surface area contributed by atoms with Gasteiger partial charge in [0.1, 0.15) is 0 Å².